The van der Waals surface area contributed by atoms with Crippen molar-refractivity contribution >= 4 is 21.2 Å². The van der Waals surface area contributed by atoms with Crippen molar-refractivity contribution in [1.82, 2.24) is 0 Å². The van der Waals surface area contributed by atoms with Crippen molar-refractivity contribution < 1.29 is 8.42 Å². The zero-order valence-electron chi connectivity index (χ0n) is 7.96. The van der Waals surface area contributed by atoms with Gasteiger partial charge in [-0.3, -0.25) is 0 Å². The van der Waals surface area contributed by atoms with Crippen LogP contribution in [0, 0.1) is 0 Å². The van der Waals surface area contributed by atoms with E-state index in [0.29, 0.717) is 4.90 Å². The summed E-state index contributed by atoms with van der Waals surface area (Å²) >= 11 is 1.47. The fourth-order valence-electron chi connectivity index (χ4n) is 1.29. The molecule has 0 amide bonds. The Morgan fingerprint density at radius 3 is 2.33 bits per heavy atom. The molecule has 2 aromatic rings. The van der Waals surface area contributed by atoms with E-state index in [4.69, 9.17) is 0 Å². The number of hydrogen-bond acceptors (Lipinski definition) is 3. The third-order valence-electron chi connectivity index (χ3n) is 2.01. The van der Waals surface area contributed by atoms with E-state index in [0.717, 1.165) is 4.88 Å². The maximum atomic E-state index is 11.9. The Balaban J connectivity index is 2.29. The summed E-state index contributed by atoms with van der Waals surface area (Å²) in [5.74, 6) is 0.0919. The molecule has 4 heteroatoms. The number of rotatable bonds is 3. The Hall–Kier alpha value is -1.13. The van der Waals surface area contributed by atoms with E-state index in [9.17, 15) is 8.42 Å². The molecular formula is C11H10O2S2. The summed E-state index contributed by atoms with van der Waals surface area (Å²) in [6.45, 7) is 0. The monoisotopic (exact) mass is 238 g/mol. The highest BCUT2D eigenvalue weighted by Crippen LogP contribution is 2.18. The quantitative estimate of drug-likeness (QED) is 0.824. The maximum Gasteiger partial charge on any atom is 0.183 e. The second-order valence-electron chi connectivity index (χ2n) is 3.15. The van der Waals surface area contributed by atoms with Gasteiger partial charge in [-0.25, -0.2) is 8.42 Å². The summed E-state index contributed by atoms with van der Waals surface area (Å²) < 4.78 is 23.8. The van der Waals surface area contributed by atoms with Crippen molar-refractivity contribution in [2.24, 2.45) is 0 Å². The summed E-state index contributed by atoms with van der Waals surface area (Å²) in [5, 5.41) is 1.88. The lowest BCUT2D eigenvalue weighted by Gasteiger charge is -2.01. The first-order valence-corrected chi connectivity index (χ1v) is 7.02. The van der Waals surface area contributed by atoms with Gasteiger partial charge >= 0.3 is 0 Å². The fourth-order valence-corrected chi connectivity index (χ4v) is 3.73. The van der Waals surface area contributed by atoms with Gasteiger partial charge in [0.2, 0.25) is 0 Å². The van der Waals surface area contributed by atoms with Gasteiger partial charge in [-0.1, -0.05) is 24.3 Å². The minimum atomic E-state index is -3.17. The predicted molar refractivity (Wildman–Crippen MR) is 61.7 cm³/mol. The first-order chi connectivity index (χ1) is 7.18. The minimum absolute atomic E-state index is 0.0919. The van der Waals surface area contributed by atoms with Gasteiger partial charge in [-0.2, -0.15) is 0 Å². The van der Waals surface area contributed by atoms with Crippen LogP contribution in [0.15, 0.2) is 52.7 Å². The Morgan fingerprint density at radius 2 is 1.73 bits per heavy atom. The zero-order valence-corrected chi connectivity index (χ0v) is 9.59. The van der Waals surface area contributed by atoms with Crippen LogP contribution in [0.1, 0.15) is 4.88 Å². The van der Waals surface area contributed by atoms with Gasteiger partial charge < -0.3 is 0 Å². The van der Waals surface area contributed by atoms with Gasteiger partial charge in [0, 0.05) is 4.88 Å². The van der Waals surface area contributed by atoms with Crippen LogP contribution in [0.2, 0.25) is 0 Å². The molecule has 0 fully saturated rings. The van der Waals surface area contributed by atoms with Crippen LogP contribution in [0.4, 0.5) is 0 Å². The van der Waals surface area contributed by atoms with Crippen molar-refractivity contribution in [2.45, 2.75) is 10.6 Å². The van der Waals surface area contributed by atoms with Gasteiger partial charge in [0.15, 0.2) is 9.84 Å². The van der Waals surface area contributed by atoms with Crippen LogP contribution in [-0.2, 0) is 15.6 Å². The molecular weight excluding hydrogens is 228 g/mol. The Morgan fingerprint density at radius 1 is 1.00 bits per heavy atom. The smallest absolute Gasteiger partial charge is 0.183 e. The number of hydrogen-bond donors (Lipinski definition) is 0. The van der Waals surface area contributed by atoms with Gasteiger partial charge in [0.1, 0.15) is 0 Å². The molecule has 15 heavy (non-hydrogen) atoms. The first-order valence-electron chi connectivity index (χ1n) is 4.49. The number of thiophene rings is 1. The molecule has 1 aromatic heterocycles. The summed E-state index contributed by atoms with van der Waals surface area (Å²) in [4.78, 5) is 1.26. The van der Waals surface area contributed by atoms with Crippen LogP contribution in [0.5, 0.6) is 0 Å². The first kappa shape index (κ1) is 10.4. The van der Waals surface area contributed by atoms with Crippen LogP contribution < -0.4 is 0 Å². The van der Waals surface area contributed by atoms with Gasteiger partial charge in [-0.05, 0) is 23.6 Å². The molecule has 0 bridgehead atoms. The van der Waals surface area contributed by atoms with E-state index in [1.165, 1.54) is 11.3 Å². The standard InChI is InChI=1S/C11H10O2S2/c12-15(13,9-10-5-4-8-14-10)11-6-2-1-3-7-11/h1-8H,9H2. The minimum Gasteiger partial charge on any atom is -0.223 e. The molecule has 2 rings (SSSR count). The Labute approximate surface area is 93.1 Å². The Kier molecular flexibility index (Phi) is 2.88. The molecule has 0 saturated carbocycles. The third kappa shape index (κ3) is 2.46. The second-order valence-corrected chi connectivity index (χ2v) is 6.17. The van der Waals surface area contributed by atoms with Crippen LogP contribution in [0.25, 0.3) is 0 Å². The fraction of sp³-hybridized carbons (Fsp3) is 0.0909. The lowest BCUT2D eigenvalue weighted by Crippen LogP contribution is -2.03. The molecule has 0 aliphatic rings. The molecule has 0 N–H and O–H groups in total. The van der Waals surface area contributed by atoms with Crippen molar-refractivity contribution in [2.75, 3.05) is 0 Å². The molecule has 0 aliphatic carbocycles. The molecule has 1 heterocycles. The summed E-state index contributed by atoms with van der Waals surface area (Å²) in [5.41, 5.74) is 0. The largest absolute Gasteiger partial charge is 0.223 e. The highest BCUT2D eigenvalue weighted by molar-refractivity contribution is 7.90. The van der Waals surface area contributed by atoms with Crippen molar-refractivity contribution in [3.63, 3.8) is 0 Å². The molecule has 0 atom stereocenters. The van der Waals surface area contributed by atoms with Crippen molar-refractivity contribution in [3.8, 4) is 0 Å². The lowest BCUT2D eigenvalue weighted by atomic mass is 10.4. The number of sulfone groups is 1. The van der Waals surface area contributed by atoms with E-state index in [-0.39, 0.29) is 5.75 Å². The molecule has 0 unspecified atom stereocenters. The third-order valence-corrected chi connectivity index (χ3v) is 4.76. The van der Waals surface area contributed by atoms with Crippen LogP contribution >= 0.6 is 11.3 Å². The van der Waals surface area contributed by atoms with E-state index in [2.05, 4.69) is 0 Å². The highest BCUT2D eigenvalue weighted by atomic mass is 32.2. The van der Waals surface area contributed by atoms with E-state index in [1.807, 2.05) is 23.6 Å². The highest BCUT2D eigenvalue weighted by Gasteiger charge is 2.14. The summed E-state index contributed by atoms with van der Waals surface area (Å²) in [7, 11) is -3.17. The van der Waals surface area contributed by atoms with Crippen LogP contribution in [-0.4, -0.2) is 8.42 Å². The SMILES string of the molecule is O=S(=O)(Cc1cccs1)c1ccccc1. The second kappa shape index (κ2) is 4.16. The molecule has 0 aliphatic heterocycles. The van der Waals surface area contributed by atoms with Gasteiger partial charge in [0.25, 0.3) is 0 Å². The Bertz CT molecular complexity index is 513. The molecule has 0 saturated heterocycles. The van der Waals surface area contributed by atoms with Gasteiger partial charge in [-0.15, -0.1) is 11.3 Å². The molecule has 2 nitrogen and oxygen atoms in total. The summed E-state index contributed by atoms with van der Waals surface area (Å²) in [6.07, 6.45) is 0. The average Bonchev–Trinajstić information content (AvgIpc) is 2.71. The lowest BCUT2D eigenvalue weighted by molar-refractivity contribution is 0.595. The normalized spacial score (nSPS) is 11.5. The maximum absolute atomic E-state index is 11.9. The van der Waals surface area contributed by atoms with E-state index in [1.54, 1.807) is 24.3 Å². The topological polar surface area (TPSA) is 34.1 Å². The molecule has 1 aromatic carbocycles. The molecule has 0 radical (unpaired) electrons. The van der Waals surface area contributed by atoms with Crippen molar-refractivity contribution in [3.05, 3.63) is 52.7 Å². The zero-order chi connectivity index (χ0) is 10.7. The molecule has 0 spiro atoms. The van der Waals surface area contributed by atoms with Crippen molar-refractivity contribution in [1.29, 1.82) is 0 Å². The van der Waals surface area contributed by atoms with E-state index >= 15 is 0 Å². The number of benzene rings is 1. The molecule has 78 valence electrons. The van der Waals surface area contributed by atoms with Crippen LogP contribution in [0.3, 0.4) is 0 Å². The summed E-state index contributed by atoms with van der Waals surface area (Å²) in [6, 6.07) is 12.2. The van der Waals surface area contributed by atoms with E-state index < -0.39 is 9.84 Å². The average molecular weight is 238 g/mol. The predicted octanol–water partition coefficient (Wildman–Crippen LogP) is 2.72. The van der Waals surface area contributed by atoms with Gasteiger partial charge in [0.05, 0.1) is 10.6 Å².